The van der Waals surface area contributed by atoms with Gasteiger partial charge in [0.15, 0.2) is 0 Å². The first-order valence-electron chi connectivity index (χ1n) is 9.24. The van der Waals surface area contributed by atoms with Crippen LogP contribution in [-0.4, -0.2) is 40.8 Å². The van der Waals surface area contributed by atoms with Gasteiger partial charge in [0.1, 0.15) is 5.50 Å². The van der Waals surface area contributed by atoms with Gasteiger partial charge in [-0.3, -0.25) is 20.2 Å². The zero-order valence-electron chi connectivity index (χ0n) is 16.6. The van der Waals surface area contributed by atoms with Crippen LogP contribution < -0.4 is 16.0 Å². The first-order valence-corrected chi connectivity index (χ1v) is 10.5. The Labute approximate surface area is 172 Å². The highest BCUT2D eigenvalue weighted by Crippen LogP contribution is 2.41. The summed E-state index contributed by atoms with van der Waals surface area (Å²) in [6.07, 6.45) is 1.16. The quantitative estimate of drug-likeness (QED) is 0.374. The molecule has 1 amide bonds. The van der Waals surface area contributed by atoms with Gasteiger partial charge in [0.05, 0.1) is 28.7 Å². The van der Waals surface area contributed by atoms with E-state index in [1.807, 2.05) is 6.26 Å². The zero-order valence-corrected chi connectivity index (χ0v) is 17.4. The summed E-state index contributed by atoms with van der Waals surface area (Å²) in [6, 6.07) is 5.95. The van der Waals surface area contributed by atoms with Crippen molar-refractivity contribution in [2.45, 2.75) is 44.5 Å². The van der Waals surface area contributed by atoms with E-state index in [-0.39, 0.29) is 23.2 Å². The number of carbonyl (C=O) groups is 2. The third-order valence-corrected chi connectivity index (χ3v) is 5.70. The van der Waals surface area contributed by atoms with Crippen molar-refractivity contribution < 1.29 is 19.2 Å². The van der Waals surface area contributed by atoms with Crippen molar-refractivity contribution in [1.29, 1.82) is 0 Å². The van der Waals surface area contributed by atoms with Crippen LogP contribution in [0.3, 0.4) is 0 Å². The molecule has 2 aliphatic rings. The van der Waals surface area contributed by atoms with Gasteiger partial charge in [0, 0.05) is 23.7 Å². The first-order chi connectivity index (χ1) is 13.7. The Morgan fingerprint density at radius 3 is 2.45 bits per heavy atom. The minimum absolute atomic E-state index is 0.0556. The second kappa shape index (κ2) is 8.42. The van der Waals surface area contributed by atoms with Crippen LogP contribution in [0.1, 0.15) is 32.3 Å². The van der Waals surface area contributed by atoms with Crippen molar-refractivity contribution in [1.82, 2.24) is 16.0 Å². The number of fused-ring (bicyclic) bond motifs is 1. The van der Waals surface area contributed by atoms with Crippen molar-refractivity contribution in [2.75, 3.05) is 6.26 Å². The number of carbonyl (C=O) groups excluding carboxylic acids is 2. The molecular formula is C19H24N4O5S. The molecule has 2 heterocycles. The zero-order chi connectivity index (χ0) is 21.3. The molecule has 2 aliphatic heterocycles. The normalized spacial score (nSPS) is 26.4. The molecule has 29 heavy (non-hydrogen) atoms. The van der Waals surface area contributed by atoms with Crippen LogP contribution in [0.4, 0.5) is 5.69 Å². The molecule has 4 unspecified atom stereocenters. The highest BCUT2D eigenvalue weighted by Gasteiger charge is 2.48. The van der Waals surface area contributed by atoms with E-state index in [4.69, 9.17) is 4.74 Å². The molecule has 1 fully saturated rings. The first kappa shape index (κ1) is 21.1. The monoisotopic (exact) mass is 420 g/mol. The van der Waals surface area contributed by atoms with Gasteiger partial charge in [-0.15, -0.1) is 11.8 Å². The van der Waals surface area contributed by atoms with E-state index >= 15 is 0 Å². The predicted molar refractivity (Wildman–Crippen MR) is 109 cm³/mol. The standard InChI is InChI=1S/C19H24N4O5S/c1-9(2)28-18(25)13-10(3)20-16-15(17(24)22-19(21-16)29-4)14(13)11-5-7-12(8-6-11)23(26)27/h5-9,14-16,19-21H,1-4H3,(H,22,24). The van der Waals surface area contributed by atoms with Crippen LogP contribution in [-0.2, 0) is 14.3 Å². The number of nitrogens with one attached hydrogen (secondary N) is 3. The summed E-state index contributed by atoms with van der Waals surface area (Å²) >= 11 is 1.46. The second-order valence-corrected chi connectivity index (χ2v) is 8.20. The van der Waals surface area contributed by atoms with E-state index in [2.05, 4.69) is 16.0 Å². The Morgan fingerprint density at radius 2 is 1.90 bits per heavy atom. The van der Waals surface area contributed by atoms with Crippen molar-refractivity contribution in [3.8, 4) is 0 Å². The highest BCUT2D eigenvalue weighted by atomic mass is 32.2. The van der Waals surface area contributed by atoms with Crippen LogP contribution in [0.5, 0.6) is 0 Å². The molecule has 1 aromatic carbocycles. The predicted octanol–water partition coefficient (Wildman–Crippen LogP) is 1.82. The molecule has 0 aromatic heterocycles. The summed E-state index contributed by atoms with van der Waals surface area (Å²) in [7, 11) is 0. The van der Waals surface area contributed by atoms with Gasteiger partial charge in [-0.2, -0.15) is 0 Å². The van der Waals surface area contributed by atoms with Crippen molar-refractivity contribution in [3.05, 3.63) is 51.2 Å². The maximum Gasteiger partial charge on any atom is 0.336 e. The summed E-state index contributed by atoms with van der Waals surface area (Å²) in [6.45, 7) is 5.28. The smallest absolute Gasteiger partial charge is 0.336 e. The number of nitro groups is 1. The van der Waals surface area contributed by atoms with Gasteiger partial charge in [-0.25, -0.2) is 4.79 Å². The summed E-state index contributed by atoms with van der Waals surface area (Å²) in [5, 5.41) is 20.5. The summed E-state index contributed by atoms with van der Waals surface area (Å²) in [5.41, 5.74) is 1.29. The number of ether oxygens (including phenoxy) is 1. The van der Waals surface area contributed by atoms with E-state index in [1.165, 1.54) is 23.9 Å². The fraction of sp³-hybridized carbons (Fsp3) is 0.474. The number of thioether (sulfide) groups is 1. The van der Waals surface area contributed by atoms with Crippen molar-refractivity contribution >= 4 is 29.3 Å². The largest absolute Gasteiger partial charge is 0.460 e. The van der Waals surface area contributed by atoms with Crippen LogP contribution in [0.15, 0.2) is 35.5 Å². The maximum atomic E-state index is 13.0. The van der Waals surface area contributed by atoms with E-state index < -0.39 is 28.9 Å². The van der Waals surface area contributed by atoms with E-state index in [1.54, 1.807) is 32.9 Å². The third-order valence-electron chi connectivity index (χ3n) is 4.97. The molecule has 0 radical (unpaired) electrons. The molecule has 4 atom stereocenters. The average Bonchev–Trinajstić information content (AvgIpc) is 2.66. The maximum absolute atomic E-state index is 13.0. The number of allylic oxidation sites excluding steroid dienone is 1. The minimum Gasteiger partial charge on any atom is -0.460 e. The average molecular weight is 420 g/mol. The number of nitrogens with zero attached hydrogens (tertiary/aromatic N) is 1. The molecule has 0 bridgehead atoms. The Hall–Kier alpha value is -2.59. The summed E-state index contributed by atoms with van der Waals surface area (Å²) < 4.78 is 5.43. The summed E-state index contributed by atoms with van der Waals surface area (Å²) in [4.78, 5) is 36.4. The van der Waals surface area contributed by atoms with Crippen LogP contribution in [0, 0.1) is 16.0 Å². The molecule has 156 valence electrons. The van der Waals surface area contributed by atoms with Crippen molar-refractivity contribution in [3.63, 3.8) is 0 Å². The lowest BCUT2D eigenvalue weighted by atomic mass is 9.74. The second-order valence-electron chi connectivity index (χ2n) is 7.26. The van der Waals surface area contributed by atoms with Gasteiger partial charge >= 0.3 is 5.97 Å². The molecule has 0 saturated carbocycles. The van der Waals surface area contributed by atoms with Gasteiger partial charge < -0.3 is 15.4 Å². The third kappa shape index (κ3) is 4.23. The summed E-state index contributed by atoms with van der Waals surface area (Å²) in [5.74, 6) is -1.94. The van der Waals surface area contributed by atoms with E-state index in [0.29, 0.717) is 16.8 Å². The highest BCUT2D eigenvalue weighted by molar-refractivity contribution is 7.99. The van der Waals surface area contributed by atoms with Crippen LogP contribution >= 0.6 is 11.8 Å². The molecule has 3 rings (SSSR count). The molecule has 0 aliphatic carbocycles. The Kier molecular flexibility index (Phi) is 6.13. The number of benzene rings is 1. The van der Waals surface area contributed by atoms with Gasteiger partial charge in [-0.1, -0.05) is 12.1 Å². The molecule has 1 saturated heterocycles. The number of rotatable bonds is 5. The van der Waals surface area contributed by atoms with Crippen molar-refractivity contribution in [2.24, 2.45) is 5.92 Å². The lowest BCUT2D eigenvalue weighted by Gasteiger charge is -2.45. The lowest BCUT2D eigenvalue weighted by molar-refractivity contribution is -0.384. The number of non-ortho nitro benzene ring substituents is 1. The molecule has 0 spiro atoms. The number of amides is 1. The number of esters is 1. The molecule has 1 aromatic rings. The fourth-order valence-electron chi connectivity index (χ4n) is 3.75. The van der Waals surface area contributed by atoms with Gasteiger partial charge in [-0.05, 0) is 32.6 Å². The molecule has 9 nitrogen and oxygen atoms in total. The minimum atomic E-state index is -0.627. The lowest BCUT2D eigenvalue weighted by Crippen LogP contribution is -2.67. The van der Waals surface area contributed by atoms with Gasteiger partial charge in [0.2, 0.25) is 5.91 Å². The number of hydrogen-bond donors (Lipinski definition) is 3. The Bertz CT molecular complexity index is 855. The topological polar surface area (TPSA) is 123 Å². The number of nitro benzene ring substituents is 1. The Morgan fingerprint density at radius 1 is 1.24 bits per heavy atom. The van der Waals surface area contributed by atoms with Crippen LogP contribution in [0.2, 0.25) is 0 Å². The molecule has 3 N–H and O–H groups in total. The van der Waals surface area contributed by atoms with Gasteiger partial charge in [0.25, 0.3) is 5.69 Å². The molecule has 10 heteroatoms. The van der Waals surface area contributed by atoms with E-state index in [0.717, 1.165) is 0 Å². The molecular weight excluding hydrogens is 396 g/mol. The fourth-order valence-corrected chi connectivity index (χ4v) is 4.26. The number of hydrogen-bond acceptors (Lipinski definition) is 8. The van der Waals surface area contributed by atoms with Crippen LogP contribution in [0.25, 0.3) is 0 Å². The van der Waals surface area contributed by atoms with E-state index in [9.17, 15) is 19.7 Å². The SMILES string of the molecule is CSC1NC(=O)C2C(NC(C)=C(C(=O)OC(C)C)C2c2ccc([N+](=O)[O-])cc2)N1. The Balaban J connectivity index is 2.08.